The van der Waals surface area contributed by atoms with Crippen molar-refractivity contribution in [3.05, 3.63) is 48.0 Å². The van der Waals surface area contributed by atoms with Gasteiger partial charge in [-0.2, -0.15) is 0 Å². The molecule has 1 heterocycles. The van der Waals surface area contributed by atoms with E-state index in [2.05, 4.69) is 0 Å². The van der Waals surface area contributed by atoms with Gasteiger partial charge in [-0.05, 0) is 63.1 Å². The van der Waals surface area contributed by atoms with Crippen LogP contribution in [0.1, 0.15) is 38.1 Å². The molecule has 0 saturated heterocycles. The molecule has 0 saturated carbocycles. The van der Waals surface area contributed by atoms with Crippen LogP contribution >= 0.6 is 0 Å². The largest absolute Gasteiger partial charge is 0.454 e. The third kappa shape index (κ3) is 3.09. The number of hydrogen-bond acceptors (Lipinski definition) is 3. The molecule has 0 atom stereocenters. The van der Waals surface area contributed by atoms with Gasteiger partial charge in [0.15, 0.2) is 11.5 Å². The Morgan fingerprint density at radius 3 is 2.08 bits per heavy atom. The van der Waals surface area contributed by atoms with Gasteiger partial charge in [0.2, 0.25) is 6.79 Å². The number of carbonyl (C=O) groups is 1. The minimum Gasteiger partial charge on any atom is -0.454 e. The van der Waals surface area contributed by atoms with Crippen LogP contribution < -0.4 is 9.47 Å². The second-order valence-electron chi connectivity index (χ2n) is 6.55. The van der Waals surface area contributed by atoms with E-state index in [0.717, 1.165) is 22.6 Å². The Morgan fingerprint density at radius 1 is 0.875 bits per heavy atom. The van der Waals surface area contributed by atoms with Crippen molar-refractivity contribution in [2.75, 3.05) is 6.79 Å². The number of nitrogens with zero attached hydrogens (tertiary/aromatic N) is 1. The smallest absolute Gasteiger partial charge is 0.254 e. The summed E-state index contributed by atoms with van der Waals surface area (Å²) in [5, 5.41) is 0. The van der Waals surface area contributed by atoms with Gasteiger partial charge in [0.1, 0.15) is 0 Å². The van der Waals surface area contributed by atoms with Crippen LogP contribution in [0.5, 0.6) is 11.5 Å². The zero-order chi connectivity index (χ0) is 17.3. The van der Waals surface area contributed by atoms with E-state index in [0.29, 0.717) is 5.56 Å². The maximum absolute atomic E-state index is 12.7. The van der Waals surface area contributed by atoms with Crippen LogP contribution in [0, 0.1) is 0 Å². The van der Waals surface area contributed by atoms with Crippen molar-refractivity contribution >= 4 is 5.91 Å². The highest BCUT2D eigenvalue weighted by molar-refractivity contribution is 5.95. The summed E-state index contributed by atoms with van der Waals surface area (Å²) in [5.41, 5.74) is 2.80. The maximum atomic E-state index is 12.7. The summed E-state index contributed by atoms with van der Waals surface area (Å²) in [7, 11) is 0. The molecule has 0 N–H and O–H groups in total. The molecule has 0 aromatic heterocycles. The zero-order valence-corrected chi connectivity index (χ0v) is 14.6. The molecule has 1 aliphatic heterocycles. The molecule has 0 bridgehead atoms. The molecule has 4 nitrogen and oxygen atoms in total. The van der Waals surface area contributed by atoms with Crippen molar-refractivity contribution in [1.29, 1.82) is 0 Å². The summed E-state index contributed by atoms with van der Waals surface area (Å²) in [6.45, 7) is 8.43. The first kappa shape index (κ1) is 16.4. The molecule has 0 fully saturated rings. The average Bonchev–Trinajstić information content (AvgIpc) is 3.01. The van der Waals surface area contributed by atoms with Gasteiger partial charge in [0, 0.05) is 17.6 Å². The lowest BCUT2D eigenvalue weighted by atomic mass is 10.0. The molecule has 4 heteroatoms. The van der Waals surface area contributed by atoms with Gasteiger partial charge in [-0.1, -0.05) is 18.2 Å². The number of benzene rings is 2. The van der Waals surface area contributed by atoms with Crippen molar-refractivity contribution in [3.63, 3.8) is 0 Å². The van der Waals surface area contributed by atoms with Gasteiger partial charge in [0.25, 0.3) is 5.91 Å². The lowest BCUT2D eigenvalue weighted by Gasteiger charge is -2.30. The number of hydrogen-bond donors (Lipinski definition) is 0. The molecule has 1 aliphatic rings. The van der Waals surface area contributed by atoms with E-state index in [1.54, 1.807) is 0 Å². The Balaban J connectivity index is 1.84. The van der Waals surface area contributed by atoms with Gasteiger partial charge in [0.05, 0.1) is 0 Å². The highest BCUT2D eigenvalue weighted by Crippen LogP contribution is 2.35. The van der Waals surface area contributed by atoms with Crippen LogP contribution in [-0.4, -0.2) is 29.7 Å². The van der Waals surface area contributed by atoms with Gasteiger partial charge in [-0.15, -0.1) is 0 Å². The minimum absolute atomic E-state index is 0.0669. The van der Waals surface area contributed by atoms with Gasteiger partial charge >= 0.3 is 0 Å². The fourth-order valence-electron chi connectivity index (χ4n) is 3.10. The molecule has 2 aromatic carbocycles. The van der Waals surface area contributed by atoms with Crippen molar-refractivity contribution in [2.24, 2.45) is 0 Å². The van der Waals surface area contributed by atoms with E-state index >= 15 is 0 Å². The lowest BCUT2D eigenvalue weighted by Crippen LogP contribution is -2.42. The number of rotatable bonds is 4. The quantitative estimate of drug-likeness (QED) is 0.839. The standard InChI is InChI=1S/C20H23NO3/c1-13(2)21(14(3)4)20(22)16-7-5-15(6-8-16)17-9-10-18-19(11-17)24-12-23-18/h5-11,13-14H,12H2,1-4H3. The van der Waals surface area contributed by atoms with E-state index in [-0.39, 0.29) is 24.8 Å². The predicted octanol–water partition coefficient (Wildman–Crippen LogP) is 4.34. The summed E-state index contributed by atoms with van der Waals surface area (Å²) < 4.78 is 10.8. The summed E-state index contributed by atoms with van der Waals surface area (Å²) in [4.78, 5) is 14.6. The number of amides is 1. The first-order valence-corrected chi connectivity index (χ1v) is 8.30. The lowest BCUT2D eigenvalue weighted by molar-refractivity contribution is 0.0643. The second kappa shape index (κ2) is 6.56. The maximum Gasteiger partial charge on any atom is 0.254 e. The Labute approximate surface area is 143 Å². The first-order chi connectivity index (χ1) is 11.5. The van der Waals surface area contributed by atoms with Crippen molar-refractivity contribution < 1.29 is 14.3 Å². The van der Waals surface area contributed by atoms with Gasteiger partial charge in [-0.25, -0.2) is 0 Å². The Bertz CT molecular complexity index is 727. The van der Waals surface area contributed by atoms with E-state index < -0.39 is 0 Å². The van der Waals surface area contributed by atoms with E-state index in [1.807, 2.05) is 75.1 Å². The fourth-order valence-corrected chi connectivity index (χ4v) is 3.10. The molecule has 24 heavy (non-hydrogen) atoms. The summed E-state index contributed by atoms with van der Waals surface area (Å²) in [6.07, 6.45) is 0. The van der Waals surface area contributed by atoms with Crippen LogP contribution in [0.3, 0.4) is 0 Å². The number of carbonyl (C=O) groups excluding carboxylic acids is 1. The zero-order valence-electron chi connectivity index (χ0n) is 14.6. The van der Waals surface area contributed by atoms with E-state index in [4.69, 9.17) is 9.47 Å². The van der Waals surface area contributed by atoms with Crippen molar-refractivity contribution in [3.8, 4) is 22.6 Å². The number of fused-ring (bicyclic) bond motifs is 1. The molecule has 2 aromatic rings. The van der Waals surface area contributed by atoms with Crippen LogP contribution in [0.15, 0.2) is 42.5 Å². The van der Waals surface area contributed by atoms with Gasteiger partial charge < -0.3 is 14.4 Å². The van der Waals surface area contributed by atoms with Gasteiger partial charge in [-0.3, -0.25) is 4.79 Å². The first-order valence-electron chi connectivity index (χ1n) is 8.30. The van der Waals surface area contributed by atoms with Crippen molar-refractivity contribution in [1.82, 2.24) is 4.90 Å². The molecule has 126 valence electrons. The summed E-state index contributed by atoms with van der Waals surface area (Å²) in [5.74, 6) is 1.60. The average molecular weight is 325 g/mol. The highest BCUT2D eigenvalue weighted by atomic mass is 16.7. The van der Waals surface area contributed by atoms with E-state index in [1.165, 1.54) is 0 Å². The normalized spacial score (nSPS) is 12.8. The molecule has 0 radical (unpaired) electrons. The SMILES string of the molecule is CC(C)N(C(=O)c1ccc(-c2ccc3c(c2)OCO3)cc1)C(C)C. The van der Waals surface area contributed by atoms with Crippen LogP contribution in [0.4, 0.5) is 0 Å². The second-order valence-corrected chi connectivity index (χ2v) is 6.55. The number of ether oxygens (including phenoxy) is 2. The fraction of sp³-hybridized carbons (Fsp3) is 0.350. The van der Waals surface area contributed by atoms with Crippen LogP contribution in [0.2, 0.25) is 0 Å². The molecule has 0 unspecified atom stereocenters. The Morgan fingerprint density at radius 2 is 1.46 bits per heavy atom. The molecular formula is C20H23NO3. The summed E-state index contributed by atoms with van der Waals surface area (Å²) in [6, 6.07) is 14.0. The predicted molar refractivity (Wildman–Crippen MR) is 94.4 cm³/mol. The molecule has 3 rings (SSSR count). The topological polar surface area (TPSA) is 38.8 Å². The Kier molecular flexibility index (Phi) is 4.47. The summed E-state index contributed by atoms with van der Waals surface area (Å²) >= 11 is 0. The van der Waals surface area contributed by atoms with E-state index in [9.17, 15) is 4.79 Å². The Hall–Kier alpha value is -2.49. The molecular weight excluding hydrogens is 302 g/mol. The third-order valence-corrected chi connectivity index (χ3v) is 4.18. The minimum atomic E-state index is 0.0669. The monoisotopic (exact) mass is 325 g/mol. The molecule has 1 amide bonds. The highest BCUT2D eigenvalue weighted by Gasteiger charge is 2.21. The van der Waals surface area contributed by atoms with Crippen LogP contribution in [0.25, 0.3) is 11.1 Å². The molecule has 0 spiro atoms. The van der Waals surface area contributed by atoms with Crippen molar-refractivity contribution in [2.45, 2.75) is 39.8 Å². The third-order valence-electron chi connectivity index (χ3n) is 4.18. The molecule has 0 aliphatic carbocycles. The van der Waals surface area contributed by atoms with Crippen LogP contribution in [-0.2, 0) is 0 Å².